The summed E-state index contributed by atoms with van der Waals surface area (Å²) in [5, 5.41) is 5.72. The van der Waals surface area contributed by atoms with Crippen LogP contribution in [0, 0.1) is 11.3 Å². The van der Waals surface area contributed by atoms with Gasteiger partial charge in [-0.2, -0.15) is 0 Å². The van der Waals surface area contributed by atoms with Gasteiger partial charge in [-0.05, 0) is 69.3 Å². The lowest BCUT2D eigenvalue weighted by molar-refractivity contribution is 0.514. The van der Waals surface area contributed by atoms with Gasteiger partial charge in [-0.15, -0.1) is 0 Å². The zero-order valence-electron chi connectivity index (χ0n) is 22.3. The molecule has 3 aliphatic carbocycles. The van der Waals surface area contributed by atoms with E-state index in [0.717, 1.165) is 6.42 Å². The smallest absolute Gasteiger partial charge is 0.0561 e. The molecule has 0 heterocycles. The van der Waals surface area contributed by atoms with Crippen LogP contribution in [0.25, 0.3) is 27.6 Å². The summed E-state index contributed by atoms with van der Waals surface area (Å²) in [6.07, 6.45) is 8.46. The van der Waals surface area contributed by atoms with Crippen molar-refractivity contribution in [2.75, 3.05) is 0 Å². The molecule has 0 aromatic heterocycles. The number of rotatable bonds is 0. The molecule has 0 unspecified atom stereocenters. The van der Waals surface area contributed by atoms with Crippen LogP contribution in [0.15, 0.2) is 59.2 Å². The predicted octanol–water partition coefficient (Wildman–Crippen LogP) is 9.38. The Hall–Kier alpha value is -2.73. The van der Waals surface area contributed by atoms with Crippen molar-refractivity contribution in [1.29, 1.82) is 0 Å². The van der Waals surface area contributed by atoms with Crippen molar-refractivity contribution >= 4 is 27.6 Å². The minimum atomic E-state index is 0.113. The molecule has 0 aliphatic heterocycles. The summed E-state index contributed by atoms with van der Waals surface area (Å²) in [4.78, 5) is 0. The lowest BCUT2D eigenvalue weighted by Gasteiger charge is -2.34. The molecule has 3 aromatic rings. The Morgan fingerprint density at radius 2 is 1.24 bits per heavy atom. The normalized spacial score (nSPS) is 17.3. The van der Waals surface area contributed by atoms with E-state index < -0.39 is 0 Å². The highest BCUT2D eigenvalue weighted by atomic mass is 14.4. The zero-order chi connectivity index (χ0) is 24.4. The monoisotopic (exact) mass is 445 g/mol. The first-order valence-electron chi connectivity index (χ1n) is 12.8. The summed E-state index contributed by atoms with van der Waals surface area (Å²) >= 11 is 0. The summed E-state index contributed by atoms with van der Waals surface area (Å²) in [5.74, 6) is 1.48. The van der Waals surface area contributed by atoms with Crippen molar-refractivity contribution < 1.29 is 0 Å². The molecule has 0 saturated heterocycles. The largest absolute Gasteiger partial charge is 0.0820 e. The molecule has 0 spiro atoms. The van der Waals surface area contributed by atoms with Gasteiger partial charge in [0.15, 0.2) is 0 Å². The van der Waals surface area contributed by atoms with Crippen molar-refractivity contribution in [3.63, 3.8) is 0 Å². The van der Waals surface area contributed by atoms with Crippen LogP contribution in [0.1, 0.15) is 90.1 Å². The maximum atomic E-state index is 2.50. The molecular formula is C34H37+. The minimum Gasteiger partial charge on any atom is -0.0561 e. The molecule has 0 N–H and O–H groups in total. The minimum absolute atomic E-state index is 0.113. The van der Waals surface area contributed by atoms with Gasteiger partial charge >= 0.3 is 0 Å². The second kappa shape index (κ2) is 6.48. The average Bonchev–Trinajstić information content (AvgIpc) is 2.70. The van der Waals surface area contributed by atoms with Gasteiger partial charge in [-0.3, -0.25) is 0 Å². The first-order valence-corrected chi connectivity index (χ1v) is 12.8. The third-order valence-corrected chi connectivity index (χ3v) is 8.05. The van der Waals surface area contributed by atoms with Gasteiger partial charge < -0.3 is 0 Å². The van der Waals surface area contributed by atoms with Gasteiger partial charge in [0, 0.05) is 51.4 Å². The van der Waals surface area contributed by atoms with Crippen LogP contribution < -0.4 is 0 Å². The van der Waals surface area contributed by atoms with E-state index in [1.165, 1.54) is 72.0 Å². The quantitative estimate of drug-likeness (QED) is 0.239. The van der Waals surface area contributed by atoms with Gasteiger partial charge in [0.1, 0.15) is 0 Å². The lowest BCUT2D eigenvalue weighted by atomic mass is 9.64. The molecule has 0 nitrogen and oxygen atoms in total. The van der Waals surface area contributed by atoms with Crippen molar-refractivity contribution in [2.24, 2.45) is 5.41 Å². The van der Waals surface area contributed by atoms with Gasteiger partial charge in [-0.25, -0.2) is 0 Å². The SMILES string of the molecule is CC(C)(C)C1=CC2=Cc3cc(C(C)(C)C)cc4cc5cc(C(C)(C)C)cc6c5c(c34)[C+]2C(=C1)C6. The van der Waals surface area contributed by atoms with Crippen LogP contribution >= 0.6 is 0 Å². The molecule has 0 amide bonds. The zero-order valence-corrected chi connectivity index (χ0v) is 22.3. The van der Waals surface area contributed by atoms with Crippen molar-refractivity contribution in [1.82, 2.24) is 0 Å². The Balaban J connectivity index is 1.78. The van der Waals surface area contributed by atoms with E-state index in [1.54, 1.807) is 0 Å². The number of hydrogen-bond donors (Lipinski definition) is 0. The standard InChI is InChI=1S/C34H37/c1-32(2,3)25-13-19-10-21-15-26(33(4,5)6)17-23-12-24-18-27(34(7,8)9)16-22-11-20(14-25)28(19)31(29(21)23)30(22)24/h10-11,13-18H,12H2,1-9H3/q+1. The Kier molecular flexibility index (Phi) is 4.15. The van der Waals surface area contributed by atoms with Gasteiger partial charge in [0.2, 0.25) is 0 Å². The molecule has 3 aromatic carbocycles. The lowest BCUT2D eigenvalue weighted by Crippen LogP contribution is -2.24. The first kappa shape index (κ1) is 21.8. The molecule has 172 valence electrons. The van der Waals surface area contributed by atoms with E-state index in [2.05, 4.69) is 111 Å². The van der Waals surface area contributed by atoms with Crippen LogP contribution in [-0.2, 0) is 17.3 Å². The van der Waals surface area contributed by atoms with Crippen LogP contribution in [0.3, 0.4) is 0 Å². The topological polar surface area (TPSA) is 0 Å². The molecule has 0 saturated carbocycles. The van der Waals surface area contributed by atoms with Crippen molar-refractivity contribution in [2.45, 2.75) is 79.6 Å². The van der Waals surface area contributed by atoms with Crippen LogP contribution in [0.5, 0.6) is 0 Å². The molecular weight excluding hydrogens is 408 g/mol. The van der Waals surface area contributed by atoms with Crippen LogP contribution in [0.4, 0.5) is 0 Å². The fourth-order valence-corrected chi connectivity index (χ4v) is 5.99. The maximum absolute atomic E-state index is 2.50. The fourth-order valence-electron chi connectivity index (χ4n) is 5.99. The molecule has 3 aliphatic rings. The molecule has 6 rings (SSSR count). The van der Waals surface area contributed by atoms with Crippen molar-refractivity contribution in [3.05, 3.63) is 92.9 Å². The molecule has 0 heteroatoms. The second-order valence-electron chi connectivity index (χ2n) is 13.8. The van der Waals surface area contributed by atoms with Crippen LogP contribution in [-0.4, -0.2) is 0 Å². The van der Waals surface area contributed by atoms with E-state index in [0.29, 0.717) is 0 Å². The molecule has 0 bridgehead atoms. The summed E-state index contributed by atoms with van der Waals surface area (Å²) in [6.45, 7) is 21.0. The summed E-state index contributed by atoms with van der Waals surface area (Å²) in [5.41, 5.74) is 11.9. The third kappa shape index (κ3) is 3.07. The van der Waals surface area contributed by atoms with E-state index in [9.17, 15) is 0 Å². The van der Waals surface area contributed by atoms with E-state index >= 15 is 0 Å². The molecule has 0 fully saturated rings. The third-order valence-electron chi connectivity index (χ3n) is 8.05. The maximum Gasteiger partial charge on any atom is 0.0820 e. The fraction of sp³-hybridized carbons (Fsp3) is 0.382. The van der Waals surface area contributed by atoms with E-state index in [1.807, 2.05) is 0 Å². The van der Waals surface area contributed by atoms with Crippen LogP contribution in [0.2, 0.25) is 0 Å². The highest BCUT2D eigenvalue weighted by molar-refractivity contribution is 6.13. The summed E-state index contributed by atoms with van der Waals surface area (Å²) < 4.78 is 0. The van der Waals surface area contributed by atoms with Gasteiger partial charge in [0.25, 0.3) is 0 Å². The highest BCUT2D eigenvalue weighted by Crippen LogP contribution is 2.54. The Morgan fingerprint density at radius 1 is 0.618 bits per heavy atom. The molecule has 0 atom stereocenters. The van der Waals surface area contributed by atoms with E-state index in [-0.39, 0.29) is 16.2 Å². The summed E-state index contributed by atoms with van der Waals surface area (Å²) in [7, 11) is 0. The number of benzene rings is 3. The summed E-state index contributed by atoms with van der Waals surface area (Å²) in [6, 6.07) is 12.3. The van der Waals surface area contributed by atoms with E-state index in [4.69, 9.17) is 0 Å². The van der Waals surface area contributed by atoms with Gasteiger partial charge in [-0.1, -0.05) is 62.3 Å². The predicted molar refractivity (Wildman–Crippen MR) is 149 cm³/mol. The Bertz CT molecular complexity index is 1490. The highest BCUT2D eigenvalue weighted by Gasteiger charge is 2.42. The Labute approximate surface area is 205 Å². The first-order chi connectivity index (χ1) is 15.7. The van der Waals surface area contributed by atoms with Crippen molar-refractivity contribution in [3.8, 4) is 0 Å². The molecule has 34 heavy (non-hydrogen) atoms. The average molecular weight is 446 g/mol. The Morgan fingerprint density at radius 3 is 1.85 bits per heavy atom. The van der Waals surface area contributed by atoms with Gasteiger partial charge in [0.05, 0.1) is 22.4 Å². The number of allylic oxidation sites excluding steroid dienone is 5. The second-order valence-corrected chi connectivity index (χ2v) is 13.8. The number of hydrogen-bond acceptors (Lipinski definition) is 0. The molecule has 0 radical (unpaired) electrons.